The summed E-state index contributed by atoms with van der Waals surface area (Å²) >= 11 is 0. The topological polar surface area (TPSA) is 41.3 Å². The van der Waals surface area contributed by atoms with Gasteiger partial charge in [0.2, 0.25) is 0 Å². The Morgan fingerprint density at radius 3 is 3.14 bits per heavy atom. The minimum absolute atomic E-state index is 0.354. The molecule has 1 saturated heterocycles. The molecule has 0 spiro atoms. The maximum absolute atomic E-state index is 5.97. The second kappa shape index (κ2) is 4.05. The van der Waals surface area contributed by atoms with E-state index >= 15 is 0 Å². The molecule has 0 radical (unpaired) electrons. The number of rotatable bonds is 1. The van der Waals surface area contributed by atoms with Crippen molar-refractivity contribution in [3.05, 3.63) is 23.5 Å². The monoisotopic (exact) mass is 193 g/mol. The maximum Gasteiger partial charge on any atom is 0.0388 e. The molecule has 0 amide bonds. The van der Waals surface area contributed by atoms with Crippen LogP contribution in [0.5, 0.6) is 0 Å². The summed E-state index contributed by atoms with van der Waals surface area (Å²) in [6.45, 7) is 5.26. The molecule has 14 heavy (non-hydrogen) atoms. The fourth-order valence-corrected chi connectivity index (χ4v) is 2.21. The number of hydrogen-bond acceptors (Lipinski definition) is 3. The van der Waals surface area contributed by atoms with Crippen LogP contribution < -0.4 is 11.1 Å². The standard InChI is InChI=1S/C11H19N3/c1-9-7-13-5-4-11(9)14-6-2-3-10(12)8-14/h4,7,10,13H,2-3,5-6,8,12H2,1H3/t10-/m1/s1. The highest BCUT2D eigenvalue weighted by atomic mass is 15.2. The number of nitrogens with two attached hydrogens (primary N) is 1. The lowest BCUT2D eigenvalue weighted by molar-refractivity contribution is 0.262. The molecule has 1 fully saturated rings. The van der Waals surface area contributed by atoms with Gasteiger partial charge in [-0.3, -0.25) is 0 Å². The van der Waals surface area contributed by atoms with E-state index in [4.69, 9.17) is 5.73 Å². The summed E-state index contributed by atoms with van der Waals surface area (Å²) in [7, 11) is 0. The molecule has 2 aliphatic rings. The molecule has 3 heteroatoms. The van der Waals surface area contributed by atoms with Crippen LogP contribution in [0.4, 0.5) is 0 Å². The van der Waals surface area contributed by atoms with Crippen LogP contribution in [0, 0.1) is 0 Å². The Balaban J connectivity index is 2.06. The zero-order valence-corrected chi connectivity index (χ0v) is 8.79. The number of nitrogens with one attached hydrogen (secondary N) is 1. The van der Waals surface area contributed by atoms with E-state index in [2.05, 4.69) is 29.4 Å². The second-order valence-corrected chi connectivity index (χ2v) is 4.17. The van der Waals surface area contributed by atoms with Crippen molar-refractivity contribution in [3.63, 3.8) is 0 Å². The molecular weight excluding hydrogens is 174 g/mol. The molecule has 3 nitrogen and oxygen atoms in total. The Morgan fingerprint density at radius 1 is 1.57 bits per heavy atom. The van der Waals surface area contributed by atoms with E-state index in [0.29, 0.717) is 6.04 Å². The Labute approximate surface area is 85.6 Å². The van der Waals surface area contributed by atoms with E-state index < -0.39 is 0 Å². The van der Waals surface area contributed by atoms with Crippen LogP contribution in [0.2, 0.25) is 0 Å². The first-order valence-corrected chi connectivity index (χ1v) is 5.38. The lowest BCUT2D eigenvalue weighted by Gasteiger charge is -2.35. The first-order valence-electron chi connectivity index (χ1n) is 5.38. The molecule has 0 aromatic heterocycles. The van der Waals surface area contributed by atoms with Crippen molar-refractivity contribution in [2.45, 2.75) is 25.8 Å². The number of piperidine rings is 1. The molecular formula is C11H19N3. The minimum atomic E-state index is 0.354. The van der Waals surface area contributed by atoms with Gasteiger partial charge < -0.3 is 16.0 Å². The Morgan fingerprint density at radius 2 is 2.43 bits per heavy atom. The average molecular weight is 193 g/mol. The van der Waals surface area contributed by atoms with Gasteiger partial charge in [0.15, 0.2) is 0 Å². The van der Waals surface area contributed by atoms with Gasteiger partial charge in [0.05, 0.1) is 0 Å². The summed E-state index contributed by atoms with van der Waals surface area (Å²) in [5.74, 6) is 0. The van der Waals surface area contributed by atoms with Crippen LogP contribution in [0.25, 0.3) is 0 Å². The van der Waals surface area contributed by atoms with E-state index in [1.54, 1.807) is 0 Å². The van der Waals surface area contributed by atoms with E-state index in [1.165, 1.54) is 24.1 Å². The molecule has 1 atom stereocenters. The van der Waals surface area contributed by atoms with Crippen LogP contribution in [-0.4, -0.2) is 30.6 Å². The van der Waals surface area contributed by atoms with Crippen LogP contribution in [0.1, 0.15) is 19.8 Å². The van der Waals surface area contributed by atoms with Gasteiger partial charge in [0, 0.05) is 37.6 Å². The smallest absolute Gasteiger partial charge is 0.0388 e. The number of likely N-dealkylation sites (tertiary alicyclic amines) is 1. The van der Waals surface area contributed by atoms with E-state index in [9.17, 15) is 0 Å². The van der Waals surface area contributed by atoms with Crippen molar-refractivity contribution in [2.75, 3.05) is 19.6 Å². The molecule has 0 saturated carbocycles. The molecule has 2 aliphatic heterocycles. The zero-order chi connectivity index (χ0) is 9.97. The van der Waals surface area contributed by atoms with Crippen molar-refractivity contribution in [1.29, 1.82) is 0 Å². The lowest BCUT2D eigenvalue weighted by atomic mass is 10.0. The van der Waals surface area contributed by atoms with Crippen molar-refractivity contribution >= 4 is 0 Å². The lowest BCUT2D eigenvalue weighted by Crippen LogP contribution is -2.43. The third-order valence-electron chi connectivity index (χ3n) is 2.93. The summed E-state index contributed by atoms with van der Waals surface area (Å²) in [5, 5.41) is 3.22. The molecule has 2 rings (SSSR count). The van der Waals surface area contributed by atoms with Crippen LogP contribution in [-0.2, 0) is 0 Å². The average Bonchev–Trinajstić information content (AvgIpc) is 2.18. The van der Waals surface area contributed by atoms with E-state index in [-0.39, 0.29) is 0 Å². The molecule has 0 aliphatic carbocycles. The number of hydrogen-bond donors (Lipinski definition) is 2. The van der Waals surface area contributed by atoms with E-state index in [1.807, 2.05) is 0 Å². The predicted octanol–water partition coefficient (Wildman–Crippen LogP) is 0.800. The van der Waals surface area contributed by atoms with Crippen molar-refractivity contribution in [1.82, 2.24) is 10.2 Å². The molecule has 0 aromatic rings. The Hall–Kier alpha value is -0.960. The fraction of sp³-hybridized carbons (Fsp3) is 0.636. The minimum Gasteiger partial charge on any atom is -0.387 e. The largest absolute Gasteiger partial charge is 0.387 e. The van der Waals surface area contributed by atoms with Gasteiger partial charge in [-0.25, -0.2) is 0 Å². The predicted molar refractivity (Wildman–Crippen MR) is 58.6 cm³/mol. The maximum atomic E-state index is 5.97. The highest BCUT2D eigenvalue weighted by molar-refractivity contribution is 5.31. The first kappa shape index (κ1) is 9.59. The third-order valence-corrected chi connectivity index (χ3v) is 2.93. The summed E-state index contributed by atoms with van der Waals surface area (Å²) in [6, 6.07) is 0.354. The molecule has 3 N–H and O–H groups in total. The van der Waals surface area contributed by atoms with E-state index in [0.717, 1.165) is 19.6 Å². The number of nitrogens with zero attached hydrogens (tertiary/aromatic N) is 1. The highest BCUT2D eigenvalue weighted by Gasteiger charge is 2.19. The van der Waals surface area contributed by atoms with Crippen LogP contribution in [0.15, 0.2) is 23.5 Å². The van der Waals surface area contributed by atoms with Crippen LogP contribution in [0.3, 0.4) is 0 Å². The van der Waals surface area contributed by atoms with Crippen molar-refractivity contribution in [2.24, 2.45) is 5.73 Å². The molecule has 2 heterocycles. The van der Waals surface area contributed by atoms with Gasteiger partial charge >= 0.3 is 0 Å². The van der Waals surface area contributed by atoms with Crippen molar-refractivity contribution < 1.29 is 0 Å². The van der Waals surface area contributed by atoms with Gasteiger partial charge in [-0.1, -0.05) is 0 Å². The molecule has 0 unspecified atom stereocenters. The summed E-state index contributed by atoms with van der Waals surface area (Å²) in [6.07, 6.45) is 6.74. The number of dihydropyridines is 1. The number of allylic oxidation sites excluding steroid dienone is 1. The second-order valence-electron chi connectivity index (χ2n) is 4.17. The van der Waals surface area contributed by atoms with Gasteiger partial charge in [-0.05, 0) is 31.4 Å². The SMILES string of the molecule is CC1=CNCC=C1N1CCC[C@@H](N)C1. The third kappa shape index (κ3) is 1.93. The molecule has 78 valence electrons. The highest BCUT2D eigenvalue weighted by Crippen LogP contribution is 2.20. The zero-order valence-electron chi connectivity index (χ0n) is 8.79. The Kier molecular flexibility index (Phi) is 2.77. The first-order chi connectivity index (χ1) is 6.77. The quantitative estimate of drug-likeness (QED) is 0.647. The van der Waals surface area contributed by atoms with Crippen LogP contribution >= 0.6 is 0 Å². The van der Waals surface area contributed by atoms with Gasteiger partial charge in [0.1, 0.15) is 0 Å². The Bertz CT molecular complexity index is 268. The summed E-state index contributed by atoms with van der Waals surface area (Å²) in [5.41, 5.74) is 8.67. The van der Waals surface area contributed by atoms with Gasteiger partial charge in [-0.15, -0.1) is 0 Å². The fourth-order valence-electron chi connectivity index (χ4n) is 2.21. The molecule has 0 aromatic carbocycles. The normalized spacial score (nSPS) is 27.9. The summed E-state index contributed by atoms with van der Waals surface area (Å²) in [4.78, 5) is 2.42. The molecule has 0 bridgehead atoms. The van der Waals surface area contributed by atoms with Gasteiger partial charge in [0.25, 0.3) is 0 Å². The van der Waals surface area contributed by atoms with Gasteiger partial charge in [-0.2, -0.15) is 0 Å². The van der Waals surface area contributed by atoms with Crippen molar-refractivity contribution in [3.8, 4) is 0 Å². The summed E-state index contributed by atoms with van der Waals surface area (Å²) < 4.78 is 0.